The number of benzene rings is 3. The highest BCUT2D eigenvalue weighted by molar-refractivity contribution is 7.92. The normalized spacial score (nSPS) is 12.3. The van der Waals surface area contributed by atoms with Gasteiger partial charge in [0.25, 0.3) is 15.9 Å². The lowest BCUT2D eigenvalue weighted by molar-refractivity contribution is -0.122. The fourth-order valence-electron chi connectivity index (χ4n) is 3.08. The number of carbonyl (C=O) groups excluding carboxylic acids is 1. The third-order valence-electron chi connectivity index (χ3n) is 5.13. The number of para-hydroxylation sites is 1. The summed E-state index contributed by atoms with van der Waals surface area (Å²) in [5.41, 5.74) is 2.25. The highest BCUT2D eigenvalue weighted by Gasteiger charge is 2.21. The van der Waals surface area contributed by atoms with Gasteiger partial charge in [0, 0.05) is 12.7 Å². The van der Waals surface area contributed by atoms with Crippen LogP contribution in [-0.4, -0.2) is 27.5 Å². The summed E-state index contributed by atoms with van der Waals surface area (Å²) in [4.78, 5) is 12.6. The van der Waals surface area contributed by atoms with Gasteiger partial charge in [-0.15, -0.1) is 0 Å². The van der Waals surface area contributed by atoms with Crippen molar-refractivity contribution in [2.75, 3.05) is 16.7 Å². The van der Waals surface area contributed by atoms with Gasteiger partial charge in [-0.25, -0.2) is 8.42 Å². The molecule has 3 aromatic carbocycles. The first-order valence-electron chi connectivity index (χ1n) is 10.4. The summed E-state index contributed by atoms with van der Waals surface area (Å²) in [5.74, 6) is 0.710. The van der Waals surface area contributed by atoms with Crippen molar-refractivity contribution in [1.82, 2.24) is 0 Å². The first-order valence-corrected chi connectivity index (χ1v) is 11.8. The van der Waals surface area contributed by atoms with Gasteiger partial charge in [-0.05, 0) is 66.9 Å². The molecule has 0 saturated heterocycles. The Kier molecular flexibility index (Phi) is 7.20. The molecule has 7 heteroatoms. The zero-order chi connectivity index (χ0) is 23.3. The summed E-state index contributed by atoms with van der Waals surface area (Å²) in [6, 6.07) is 22.6. The Bertz CT molecular complexity index is 1140. The average Bonchev–Trinajstić information content (AvgIpc) is 2.79. The number of amides is 1. The second-order valence-electron chi connectivity index (χ2n) is 7.81. The predicted octanol–water partition coefficient (Wildman–Crippen LogP) is 5.04. The van der Waals surface area contributed by atoms with E-state index in [4.69, 9.17) is 4.74 Å². The van der Waals surface area contributed by atoms with Gasteiger partial charge in [0.05, 0.1) is 10.6 Å². The van der Waals surface area contributed by atoms with E-state index >= 15 is 0 Å². The van der Waals surface area contributed by atoms with Crippen LogP contribution in [0.5, 0.6) is 5.75 Å². The zero-order valence-electron chi connectivity index (χ0n) is 18.6. The minimum Gasteiger partial charge on any atom is -0.481 e. The SMILES string of the molecule is CC(Oc1ccc(C(C)C)cc1)C(=O)Nc1ccc(S(=O)(=O)N(C)c2ccccc2)cc1. The summed E-state index contributed by atoms with van der Waals surface area (Å²) < 4.78 is 32.7. The number of ether oxygens (including phenoxy) is 1. The van der Waals surface area contributed by atoms with E-state index in [0.29, 0.717) is 23.0 Å². The standard InChI is InChI=1S/C25H28N2O4S/c1-18(2)20-10-14-23(15-11-20)31-19(3)25(28)26-21-12-16-24(17-13-21)32(29,30)27(4)22-8-6-5-7-9-22/h5-19H,1-4H3,(H,26,28). The highest BCUT2D eigenvalue weighted by Crippen LogP contribution is 2.23. The van der Waals surface area contributed by atoms with Crippen molar-refractivity contribution in [3.63, 3.8) is 0 Å². The average molecular weight is 453 g/mol. The molecule has 0 saturated carbocycles. The number of hydrogen-bond donors (Lipinski definition) is 1. The lowest BCUT2D eigenvalue weighted by Crippen LogP contribution is -2.30. The van der Waals surface area contributed by atoms with Gasteiger partial charge in [-0.1, -0.05) is 44.2 Å². The van der Waals surface area contributed by atoms with Gasteiger partial charge in [-0.3, -0.25) is 9.10 Å². The van der Waals surface area contributed by atoms with Gasteiger partial charge in [-0.2, -0.15) is 0 Å². The van der Waals surface area contributed by atoms with Crippen molar-refractivity contribution in [3.8, 4) is 5.75 Å². The summed E-state index contributed by atoms with van der Waals surface area (Å²) in [5, 5.41) is 2.76. The molecular weight excluding hydrogens is 424 g/mol. The summed E-state index contributed by atoms with van der Waals surface area (Å²) in [6.07, 6.45) is -0.715. The Morgan fingerprint density at radius 2 is 1.47 bits per heavy atom. The summed E-state index contributed by atoms with van der Waals surface area (Å²) in [7, 11) is -2.20. The van der Waals surface area contributed by atoms with E-state index in [-0.39, 0.29) is 10.8 Å². The molecule has 1 N–H and O–H groups in total. The molecule has 32 heavy (non-hydrogen) atoms. The number of carbonyl (C=O) groups is 1. The van der Waals surface area contributed by atoms with E-state index in [9.17, 15) is 13.2 Å². The Labute approximate surface area is 189 Å². The first-order chi connectivity index (χ1) is 15.2. The minimum atomic E-state index is -3.71. The van der Waals surface area contributed by atoms with Crippen molar-refractivity contribution in [2.45, 2.75) is 37.7 Å². The van der Waals surface area contributed by atoms with Crippen molar-refractivity contribution in [3.05, 3.63) is 84.4 Å². The molecule has 1 amide bonds. The highest BCUT2D eigenvalue weighted by atomic mass is 32.2. The largest absolute Gasteiger partial charge is 0.481 e. The van der Waals surface area contributed by atoms with Gasteiger partial charge in [0.15, 0.2) is 6.10 Å². The van der Waals surface area contributed by atoms with Crippen molar-refractivity contribution in [1.29, 1.82) is 0 Å². The maximum atomic E-state index is 12.9. The minimum absolute atomic E-state index is 0.136. The topological polar surface area (TPSA) is 75.7 Å². The van der Waals surface area contributed by atoms with Crippen LogP contribution in [0.1, 0.15) is 32.3 Å². The summed E-state index contributed by atoms with van der Waals surface area (Å²) >= 11 is 0. The van der Waals surface area contributed by atoms with Crippen molar-refractivity contribution < 1.29 is 17.9 Å². The molecule has 3 rings (SSSR count). The first kappa shape index (κ1) is 23.3. The number of anilines is 2. The van der Waals surface area contributed by atoms with Gasteiger partial charge in [0.1, 0.15) is 5.75 Å². The van der Waals surface area contributed by atoms with E-state index in [1.165, 1.54) is 29.0 Å². The van der Waals surface area contributed by atoms with Crippen LogP contribution in [0, 0.1) is 0 Å². The quantitative estimate of drug-likeness (QED) is 0.519. The smallest absolute Gasteiger partial charge is 0.265 e. The van der Waals surface area contributed by atoms with Crippen LogP contribution in [0.2, 0.25) is 0 Å². The number of sulfonamides is 1. The summed E-state index contributed by atoms with van der Waals surface area (Å²) in [6.45, 7) is 5.89. The molecule has 0 radical (unpaired) electrons. The second kappa shape index (κ2) is 9.87. The number of rotatable bonds is 8. The van der Waals surface area contributed by atoms with Gasteiger partial charge < -0.3 is 10.1 Å². The van der Waals surface area contributed by atoms with Crippen LogP contribution in [0.25, 0.3) is 0 Å². The fourth-order valence-corrected chi connectivity index (χ4v) is 4.27. The molecule has 1 atom stereocenters. The Morgan fingerprint density at radius 1 is 0.875 bits per heavy atom. The molecule has 0 fully saturated rings. The maximum absolute atomic E-state index is 12.9. The molecule has 6 nitrogen and oxygen atoms in total. The maximum Gasteiger partial charge on any atom is 0.265 e. The Morgan fingerprint density at radius 3 is 2.03 bits per heavy atom. The van der Waals surface area contributed by atoms with Crippen LogP contribution in [-0.2, 0) is 14.8 Å². The van der Waals surface area contributed by atoms with E-state index in [2.05, 4.69) is 19.2 Å². The molecule has 168 valence electrons. The van der Waals surface area contributed by atoms with E-state index < -0.39 is 16.1 Å². The molecular formula is C25H28N2O4S. The van der Waals surface area contributed by atoms with E-state index in [0.717, 1.165) is 0 Å². The molecule has 0 aliphatic heterocycles. The molecule has 0 aliphatic rings. The van der Waals surface area contributed by atoms with E-state index in [1.807, 2.05) is 30.3 Å². The lowest BCUT2D eigenvalue weighted by atomic mass is 10.0. The van der Waals surface area contributed by atoms with Crippen LogP contribution >= 0.6 is 0 Å². The molecule has 1 unspecified atom stereocenters. The van der Waals surface area contributed by atoms with Crippen molar-refractivity contribution in [2.24, 2.45) is 0 Å². The van der Waals surface area contributed by atoms with Gasteiger partial charge in [0.2, 0.25) is 0 Å². The third kappa shape index (κ3) is 5.48. The second-order valence-corrected chi connectivity index (χ2v) is 9.77. The monoisotopic (exact) mass is 452 g/mol. The molecule has 3 aromatic rings. The number of nitrogens with zero attached hydrogens (tertiary/aromatic N) is 1. The Hall–Kier alpha value is -3.32. The molecule has 0 aromatic heterocycles. The number of hydrogen-bond acceptors (Lipinski definition) is 4. The molecule has 0 spiro atoms. The number of nitrogens with one attached hydrogen (secondary N) is 1. The van der Waals surface area contributed by atoms with Crippen molar-refractivity contribution >= 4 is 27.3 Å². The van der Waals surface area contributed by atoms with E-state index in [1.54, 1.807) is 43.3 Å². The third-order valence-corrected chi connectivity index (χ3v) is 6.93. The molecule has 0 aliphatic carbocycles. The predicted molar refractivity (Wildman–Crippen MR) is 128 cm³/mol. The van der Waals surface area contributed by atoms with Gasteiger partial charge >= 0.3 is 0 Å². The van der Waals surface area contributed by atoms with Crippen LogP contribution < -0.4 is 14.4 Å². The molecule has 0 bridgehead atoms. The molecule has 0 heterocycles. The Balaban J connectivity index is 1.64. The fraction of sp³-hybridized carbons (Fsp3) is 0.240. The lowest BCUT2D eigenvalue weighted by Gasteiger charge is -2.20. The van der Waals surface area contributed by atoms with Crippen LogP contribution in [0.4, 0.5) is 11.4 Å². The van der Waals surface area contributed by atoms with Crippen LogP contribution in [0.15, 0.2) is 83.8 Å². The zero-order valence-corrected chi connectivity index (χ0v) is 19.5. The van der Waals surface area contributed by atoms with Crippen LogP contribution in [0.3, 0.4) is 0 Å².